The molecule has 0 aromatic heterocycles. The minimum absolute atomic E-state index is 0.0923. The van der Waals surface area contributed by atoms with Crippen LogP contribution in [0, 0.1) is 0 Å². The molecule has 3 aromatic carbocycles. The van der Waals surface area contributed by atoms with Crippen molar-refractivity contribution in [1.29, 1.82) is 0 Å². The summed E-state index contributed by atoms with van der Waals surface area (Å²) in [6, 6.07) is 23.5. The summed E-state index contributed by atoms with van der Waals surface area (Å²) in [4.78, 5) is 47.6. The highest BCUT2D eigenvalue weighted by Crippen LogP contribution is 2.27. The molecule has 0 saturated carbocycles. The monoisotopic (exact) mass is 545 g/mol. The molecule has 0 aliphatic rings. The Kier molecular flexibility index (Phi) is 12.2. The number of benzene rings is 3. The summed E-state index contributed by atoms with van der Waals surface area (Å²) in [5.74, 6) is -0.645. The van der Waals surface area contributed by atoms with Crippen LogP contribution in [-0.2, 0) is 38.8 Å². The molecule has 9 heteroatoms. The summed E-state index contributed by atoms with van der Waals surface area (Å²) >= 11 is 0. The largest absolute Gasteiger partial charge is 0.489 e. The van der Waals surface area contributed by atoms with Crippen LogP contribution < -0.4 is 25.8 Å². The minimum Gasteiger partial charge on any atom is -0.489 e. The van der Waals surface area contributed by atoms with E-state index in [-0.39, 0.29) is 19.4 Å². The van der Waals surface area contributed by atoms with E-state index in [9.17, 15) is 19.2 Å². The Labute approximate surface area is 234 Å². The first-order chi connectivity index (χ1) is 19.4. The zero-order chi connectivity index (χ0) is 28.6. The highest BCUT2D eigenvalue weighted by Gasteiger charge is 2.23. The van der Waals surface area contributed by atoms with E-state index in [4.69, 9.17) is 15.2 Å². The normalized spacial score (nSPS) is 11.2. The lowest BCUT2D eigenvalue weighted by atomic mass is 10.1. The van der Waals surface area contributed by atoms with Crippen LogP contribution in [0.1, 0.15) is 42.4 Å². The Morgan fingerprint density at radius 2 is 1.50 bits per heavy atom. The molecule has 9 nitrogen and oxygen atoms in total. The van der Waals surface area contributed by atoms with Crippen LogP contribution in [0.5, 0.6) is 11.5 Å². The van der Waals surface area contributed by atoms with Gasteiger partial charge in [-0.1, -0.05) is 66.7 Å². The van der Waals surface area contributed by atoms with Crippen LogP contribution in [-0.4, -0.2) is 36.6 Å². The maximum Gasteiger partial charge on any atom is 0.243 e. The molecule has 1 atom stereocenters. The molecule has 4 N–H and O–H groups in total. The number of amides is 3. The van der Waals surface area contributed by atoms with Crippen molar-refractivity contribution in [2.24, 2.45) is 5.73 Å². The van der Waals surface area contributed by atoms with E-state index >= 15 is 0 Å². The zero-order valence-corrected chi connectivity index (χ0v) is 22.3. The van der Waals surface area contributed by atoms with E-state index in [2.05, 4.69) is 10.6 Å². The number of hydrogen-bond donors (Lipinski definition) is 3. The topological polar surface area (TPSA) is 137 Å². The fourth-order valence-electron chi connectivity index (χ4n) is 3.90. The number of aldehydes is 1. The molecule has 3 aromatic rings. The molecule has 0 unspecified atom stereocenters. The van der Waals surface area contributed by atoms with Crippen molar-refractivity contribution in [3.8, 4) is 11.5 Å². The van der Waals surface area contributed by atoms with Gasteiger partial charge in [0.05, 0.1) is 12.8 Å². The summed E-state index contributed by atoms with van der Waals surface area (Å²) in [5.41, 5.74) is 7.88. The lowest BCUT2D eigenvalue weighted by Crippen LogP contribution is -2.49. The predicted octanol–water partition coefficient (Wildman–Crippen LogP) is 3.23. The van der Waals surface area contributed by atoms with Gasteiger partial charge in [0.25, 0.3) is 0 Å². The van der Waals surface area contributed by atoms with Crippen molar-refractivity contribution >= 4 is 24.0 Å². The van der Waals surface area contributed by atoms with Crippen LogP contribution in [0.15, 0.2) is 78.9 Å². The van der Waals surface area contributed by atoms with E-state index in [1.807, 2.05) is 60.7 Å². The maximum absolute atomic E-state index is 13.0. The highest BCUT2D eigenvalue weighted by atomic mass is 16.5. The summed E-state index contributed by atoms with van der Waals surface area (Å²) in [6.07, 6.45) is 2.02. The van der Waals surface area contributed by atoms with E-state index in [1.54, 1.807) is 18.2 Å². The Hall–Kier alpha value is -4.66. The van der Waals surface area contributed by atoms with Crippen molar-refractivity contribution in [3.05, 3.63) is 95.6 Å². The number of carbonyl (C=O) groups is 4. The quantitative estimate of drug-likeness (QED) is 0.176. The van der Waals surface area contributed by atoms with Crippen LogP contribution in [0.4, 0.5) is 0 Å². The van der Waals surface area contributed by atoms with Crippen molar-refractivity contribution in [2.75, 3.05) is 6.54 Å². The maximum atomic E-state index is 13.0. The van der Waals surface area contributed by atoms with Crippen molar-refractivity contribution in [1.82, 2.24) is 10.6 Å². The van der Waals surface area contributed by atoms with Gasteiger partial charge in [-0.25, -0.2) is 0 Å². The molecule has 0 radical (unpaired) electrons. The van der Waals surface area contributed by atoms with Crippen LogP contribution in [0.3, 0.4) is 0 Å². The third kappa shape index (κ3) is 10.6. The van der Waals surface area contributed by atoms with Crippen LogP contribution in [0.2, 0.25) is 0 Å². The number of carbonyl (C=O) groups excluding carboxylic acids is 4. The molecular formula is C31H35N3O6. The van der Waals surface area contributed by atoms with E-state index < -0.39 is 23.8 Å². The standard InChI is InChI=1S/C31H35N3O6/c32-29(36)20-27(31(38)33-16-8-3-9-17-35)34-30(37)18-25-14-15-26(39-21-23-10-4-1-5-11-23)19-28(25)40-22-24-12-6-2-7-13-24/h1-2,4-7,10-15,17,19,27H,3,8-9,16,18,20-22H2,(H2,32,36)(H,33,38)(H,34,37)/t27-/m0/s1. The third-order valence-corrected chi connectivity index (χ3v) is 5.98. The van der Waals surface area contributed by atoms with Crippen molar-refractivity contribution in [2.45, 2.75) is 51.4 Å². The molecule has 40 heavy (non-hydrogen) atoms. The third-order valence-electron chi connectivity index (χ3n) is 5.98. The van der Waals surface area contributed by atoms with Crippen LogP contribution in [0.25, 0.3) is 0 Å². The smallest absolute Gasteiger partial charge is 0.243 e. The second-order valence-corrected chi connectivity index (χ2v) is 9.24. The molecule has 3 rings (SSSR count). The average molecular weight is 546 g/mol. The Morgan fingerprint density at radius 1 is 0.850 bits per heavy atom. The summed E-state index contributed by atoms with van der Waals surface area (Å²) in [5, 5.41) is 5.30. The number of hydrogen-bond acceptors (Lipinski definition) is 6. The van der Waals surface area contributed by atoms with Gasteiger partial charge in [0.2, 0.25) is 17.7 Å². The number of unbranched alkanes of at least 4 members (excludes halogenated alkanes) is 2. The van der Waals surface area contributed by atoms with Gasteiger partial charge in [0.1, 0.15) is 37.0 Å². The molecule has 0 heterocycles. The number of primary amides is 1. The first-order valence-corrected chi connectivity index (χ1v) is 13.2. The highest BCUT2D eigenvalue weighted by molar-refractivity contribution is 5.92. The molecular weight excluding hydrogens is 510 g/mol. The van der Waals surface area contributed by atoms with Crippen molar-refractivity contribution in [3.63, 3.8) is 0 Å². The molecule has 0 saturated heterocycles. The average Bonchev–Trinajstić information content (AvgIpc) is 2.96. The summed E-state index contributed by atoms with van der Waals surface area (Å²) in [6.45, 7) is 0.978. The minimum atomic E-state index is -1.11. The lowest BCUT2D eigenvalue weighted by Gasteiger charge is -2.18. The fourth-order valence-corrected chi connectivity index (χ4v) is 3.90. The SMILES string of the molecule is NC(=O)C[C@H](NC(=O)Cc1ccc(OCc2ccccc2)cc1OCc1ccccc1)C(=O)NCCCCC=O. The number of rotatable bonds is 17. The first kappa shape index (κ1) is 29.9. The van der Waals surface area contributed by atoms with Gasteiger partial charge in [-0.2, -0.15) is 0 Å². The van der Waals surface area contributed by atoms with E-state index in [0.29, 0.717) is 49.5 Å². The summed E-state index contributed by atoms with van der Waals surface area (Å²) in [7, 11) is 0. The van der Waals surface area contributed by atoms with Gasteiger partial charge in [0.15, 0.2) is 0 Å². The van der Waals surface area contributed by atoms with Gasteiger partial charge >= 0.3 is 0 Å². The molecule has 0 fully saturated rings. The van der Waals surface area contributed by atoms with Crippen LogP contribution >= 0.6 is 0 Å². The molecule has 0 bridgehead atoms. The molecule has 0 spiro atoms. The fraction of sp³-hybridized carbons (Fsp3) is 0.290. The van der Waals surface area contributed by atoms with Gasteiger partial charge in [-0.15, -0.1) is 0 Å². The second-order valence-electron chi connectivity index (χ2n) is 9.24. The predicted molar refractivity (Wildman–Crippen MR) is 150 cm³/mol. The Morgan fingerprint density at radius 3 is 2.12 bits per heavy atom. The Bertz CT molecular complexity index is 1250. The van der Waals surface area contributed by atoms with Crippen molar-refractivity contribution < 1.29 is 28.7 Å². The van der Waals surface area contributed by atoms with Gasteiger partial charge in [-0.05, 0) is 30.0 Å². The molecule has 0 aliphatic carbocycles. The first-order valence-electron chi connectivity index (χ1n) is 13.2. The van der Waals surface area contributed by atoms with E-state index in [1.165, 1.54) is 0 Å². The number of nitrogens with two attached hydrogens (primary N) is 1. The number of nitrogens with one attached hydrogen (secondary N) is 2. The zero-order valence-electron chi connectivity index (χ0n) is 22.3. The Balaban J connectivity index is 1.69. The van der Waals surface area contributed by atoms with E-state index in [0.717, 1.165) is 17.4 Å². The van der Waals surface area contributed by atoms with Gasteiger partial charge < -0.3 is 30.6 Å². The second kappa shape index (κ2) is 16.3. The molecule has 0 aliphatic heterocycles. The van der Waals surface area contributed by atoms with Gasteiger partial charge in [-0.3, -0.25) is 14.4 Å². The molecule has 3 amide bonds. The summed E-state index contributed by atoms with van der Waals surface area (Å²) < 4.78 is 12.0. The molecule has 210 valence electrons. The van der Waals surface area contributed by atoms with Gasteiger partial charge in [0, 0.05) is 24.6 Å². The number of ether oxygens (including phenoxy) is 2. The lowest BCUT2D eigenvalue weighted by molar-refractivity contribution is -0.131.